The van der Waals surface area contributed by atoms with Gasteiger partial charge in [-0.2, -0.15) is 5.26 Å². The molecular formula is C11H13FN2O4S2. The van der Waals surface area contributed by atoms with Gasteiger partial charge in [0.25, 0.3) is 0 Å². The van der Waals surface area contributed by atoms with E-state index in [4.69, 9.17) is 5.26 Å². The maximum absolute atomic E-state index is 13.6. The van der Waals surface area contributed by atoms with Crippen molar-refractivity contribution in [1.29, 1.82) is 5.26 Å². The number of sulfone groups is 1. The second kappa shape index (κ2) is 5.87. The number of hydrogen-bond donors (Lipinski definition) is 1. The fourth-order valence-electron chi connectivity index (χ4n) is 1.28. The Bertz CT molecular complexity index is 751. The lowest BCUT2D eigenvalue weighted by Gasteiger charge is -2.09. The van der Waals surface area contributed by atoms with E-state index < -0.39 is 36.5 Å². The van der Waals surface area contributed by atoms with E-state index in [0.29, 0.717) is 0 Å². The third-order valence-electron chi connectivity index (χ3n) is 2.42. The van der Waals surface area contributed by atoms with Crippen molar-refractivity contribution >= 4 is 19.9 Å². The monoisotopic (exact) mass is 320 g/mol. The molecule has 0 aliphatic heterocycles. The van der Waals surface area contributed by atoms with Crippen LogP contribution in [-0.2, 0) is 19.9 Å². The topological polar surface area (TPSA) is 104 Å². The fraction of sp³-hybridized carbons (Fsp3) is 0.364. The highest BCUT2D eigenvalue weighted by atomic mass is 32.2. The average Bonchev–Trinajstić information content (AvgIpc) is 2.34. The molecule has 0 heterocycles. The Kier molecular flexibility index (Phi) is 4.86. The van der Waals surface area contributed by atoms with Crippen LogP contribution in [0.5, 0.6) is 0 Å². The summed E-state index contributed by atoms with van der Waals surface area (Å²) in [6.45, 7) is 1.30. The molecule has 6 nitrogen and oxygen atoms in total. The first-order valence-electron chi connectivity index (χ1n) is 5.47. The van der Waals surface area contributed by atoms with Gasteiger partial charge in [0.05, 0.1) is 16.9 Å². The molecule has 0 spiro atoms. The molecule has 1 atom stereocenters. The van der Waals surface area contributed by atoms with E-state index in [2.05, 4.69) is 4.72 Å². The van der Waals surface area contributed by atoms with Crippen molar-refractivity contribution in [3.8, 4) is 6.07 Å². The van der Waals surface area contributed by atoms with E-state index in [1.54, 1.807) is 0 Å². The van der Waals surface area contributed by atoms with Crippen LogP contribution in [0.25, 0.3) is 0 Å². The van der Waals surface area contributed by atoms with Crippen LogP contribution in [0.1, 0.15) is 6.92 Å². The summed E-state index contributed by atoms with van der Waals surface area (Å²) in [4.78, 5) is -1.06. The molecule has 0 saturated carbocycles. The number of hydrogen-bond acceptors (Lipinski definition) is 5. The number of halogens is 1. The van der Waals surface area contributed by atoms with Crippen LogP contribution in [0.4, 0.5) is 4.39 Å². The van der Waals surface area contributed by atoms with Crippen molar-refractivity contribution in [2.75, 3.05) is 12.8 Å². The first kappa shape index (κ1) is 16.6. The predicted molar refractivity (Wildman–Crippen MR) is 69.5 cm³/mol. The van der Waals surface area contributed by atoms with Crippen LogP contribution in [0.15, 0.2) is 28.0 Å². The van der Waals surface area contributed by atoms with Gasteiger partial charge >= 0.3 is 0 Å². The van der Waals surface area contributed by atoms with Gasteiger partial charge in [0.1, 0.15) is 10.7 Å². The number of sulfonamides is 1. The van der Waals surface area contributed by atoms with Gasteiger partial charge in [0, 0.05) is 12.8 Å². The molecule has 0 radical (unpaired) electrons. The quantitative estimate of drug-likeness (QED) is 0.803. The van der Waals surface area contributed by atoms with Crippen LogP contribution < -0.4 is 4.72 Å². The van der Waals surface area contributed by atoms with Crippen LogP contribution in [0.3, 0.4) is 0 Å². The van der Waals surface area contributed by atoms with Crippen LogP contribution >= 0.6 is 0 Å². The highest BCUT2D eigenvalue weighted by molar-refractivity contribution is 7.91. The molecule has 0 aliphatic rings. The smallest absolute Gasteiger partial charge is 0.224 e. The van der Waals surface area contributed by atoms with Crippen LogP contribution in [0.2, 0.25) is 0 Å². The van der Waals surface area contributed by atoms with E-state index in [-0.39, 0.29) is 11.4 Å². The summed E-state index contributed by atoms with van der Waals surface area (Å²) in [7, 11) is -7.87. The normalized spacial score (nSPS) is 13.7. The third-order valence-corrected chi connectivity index (χ3v) is 4.97. The number of nitrogens with one attached hydrogen (secondary N) is 1. The van der Waals surface area contributed by atoms with Gasteiger partial charge in [0.2, 0.25) is 10.0 Å². The minimum absolute atomic E-state index is 0.193. The zero-order chi connectivity index (χ0) is 15.6. The van der Waals surface area contributed by atoms with Crippen molar-refractivity contribution in [3.05, 3.63) is 24.0 Å². The van der Waals surface area contributed by atoms with Gasteiger partial charge in [-0.3, -0.25) is 0 Å². The summed E-state index contributed by atoms with van der Waals surface area (Å²) in [5, 5.41) is 8.57. The highest BCUT2D eigenvalue weighted by Crippen LogP contribution is 2.19. The fourth-order valence-corrected chi connectivity index (χ4v) is 3.23. The van der Waals surface area contributed by atoms with E-state index in [1.807, 2.05) is 6.07 Å². The number of nitriles is 1. The van der Waals surface area contributed by atoms with Crippen LogP contribution in [-0.4, -0.2) is 29.6 Å². The van der Waals surface area contributed by atoms with E-state index in [0.717, 1.165) is 24.5 Å². The van der Waals surface area contributed by atoms with Gasteiger partial charge in [-0.1, -0.05) is 0 Å². The Morgan fingerprint density at radius 2 is 1.95 bits per heavy atom. The lowest BCUT2D eigenvalue weighted by Crippen LogP contribution is -2.28. The molecule has 1 rings (SSSR count). The zero-order valence-corrected chi connectivity index (χ0v) is 12.4. The number of benzene rings is 1. The van der Waals surface area contributed by atoms with Gasteiger partial charge in [-0.05, 0) is 25.1 Å². The molecule has 1 aromatic rings. The maximum atomic E-state index is 13.6. The second-order valence-corrected chi connectivity index (χ2v) is 8.00. The number of rotatable bonds is 5. The molecule has 0 amide bonds. The van der Waals surface area contributed by atoms with Crippen molar-refractivity contribution in [2.24, 2.45) is 5.92 Å². The first-order chi connectivity index (χ1) is 9.08. The molecule has 1 aromatic carbocycles. The Balaban J connectivity index is 3.22. The van der Waals surface area contributed by atoms with Crippen LogP contribution in [0, 0.1) is 23.1 Å². The first-order valence-corrected chi connectivity index (χ1v) is 8.84. The standard InChI is InChI=1S/C11H13FN2O4S2/c1-8(6-13)7-14-20(17,18)11-5-9(19(2,15)16)3-4-10(11)12/h3-5,8,14H,7H2,1-2H3. The molecule has 110 valence electrons. The minimum atomic E-state index is -4.22. The minimum Gasteiger partial charge on any atom is -0.224 e. The Hall–Kier alpha value is -1.50. The lowest BCUT2D eigenvalue weighted by atomic mass is 10.2. The van der Waals surface area contributed by atoms with Crippen molar-refractivity contribution in [1.82, 2.24) is 4.72 Å². The van der Waals surface area contributed by atoms with E-state index >= 15 is 0 Å². The van der Waals surface area contributed by atoms with Crippen molar-refractivity contribution in [3.63, 3.8) is 0 Å². The molecule has 1 N–H and O–H groups in total. The molecule has 9 heteroatoms. The molecule has 0 bridgehead atoms. The van der Waals surface area contributed by atoms with Crippen molar-refractivity contribution < 1.29 is 21.2 Å². The summed E-state index contributed by atoms with van der Waals surface area (Å²) in [6, 6.07) is 4.34. The Labute approximate surface area is 117 Å². The molecule has 0 saturated heterocycles. The highest BCUT2D eigenvalue weighted by Gasteiger charge is 2.22. The largest absolute Gasteiger partial charge is 0.243 e. The van der Waals surface area contributed by atoms with Gasteiger partial charge in [-0.25, -0.2) is 25.9 Å². The summed E-state index contributed by atoms with van der Waals surface area (Å²) >= 11 is 0. The maximum Gasteiger partial charge on any atom is 0.243 e. The number of nitrogens with zero attached hydrogens (tertiary/aromatic N) is 1. The molecule has 0 aromatic heterocycles. The van der Waals surface area contributed by atoms with Gasteiger partial charge in [-0.15, -0.1) is 0 Å². The molecule has 0 fully saturated rings. The van der Waals surface area contributed by atoms with Gasteiger partial charge in [0.15, 0.2) is 9.84 Å². The predicted octanol–water partition coefficient (Wildman–Crippen LogP) is 0.667. The molecule has 1 unspecified atom stereocenters. The third kappa shape index (κ3) is 4.00. The lowest BCUT2D eigenvalue weighted by molar-refractivity contribution is 0.550. The summed E-state index contributed by atoms with van der Waals surface area (Å²) < 4.78 is 62.1. The summed E-state index contributed by atoms with van der Waals surface area (Å²) in [5.74, 6) is -1.65. The second-order valence-electron chi connectivity index (χ2n) is 4.25. The zero-order valence-electron chi connectivity index (χ0n) is 10.8. The summed E-state index contributed by atoms with van der Waals surface area (Å²) in [5.41, 5.74) is 0. The molecular weight excluding hydrogens is 307 g/mol. The van der Waals surface area contributed by atoms with E-state index in [1.165, 1.54) is 6.92 Å². The van der Waals surface area contributed by atoms with Gasteiger partial charge < -0.3 is 0 Å². The van der Waals surface area contributed by atoms with Crippen molar-refractivity contribution in [2.45, 2.75) is 16.7 Å². The molecule has 20 heavy (non-hydrogen) atoms. The summed E-state index contributed by atoms with van der Waals surface area (Å²) in [6.07, 6.45) is 0.891. The SMILES string of the molecule is CC(C#N)CNS(=O)(=O)c1cc(S(C)(=O)=O)ccc1F. The molecule has 0 aliphatic carbocycles. The Morgan fingerprint density at radius 1 is 1.35 bits per heavy atom. The van der Waals surface area contributed by atoms with E-state index in [9.17, 15) is 21.2 Å². The Morgan fingerprint density at radius 3 is 2.45 bits per heavy atom. The average molecular weight is 320 g/mol.